The largest absolute Gasteiger partial charge is 0.497 e. The second-order valence-corrected chi connectivity index (χ2v) is 4.11. The van der Waals surface area contributed by atoms with Crippen molar-refractivity contribution >= 4 is 21.7 Å². The minimum absolute atomic E-state index is 0.00914. The third kappa shape index (κ3) is 2.79. The van der Waals surface area contributed by atoms with Gasteiger partial charge in [-0.2, -0.15) is 0 Å². The third-order valence-electron chi connectivity index (χ3n) is 2.15. The van der Waals surface area contributed by atoms with E-state index in [0.717, 1.165) is 5.56 Å². The summed E-state index contributed by atoms with van der Waals surface area (Å²) in [6.45, 7) is 1.40. The summed E-state index contributed by atoms with van der Waals surface area (Å²) in [7, 11) is 1.56. The summed E-state index contributed by atoms with van der Waals surface area (Å²) in [4.78, 5) is 10.8. The van der Waals surface area contributed by atoms with Crippen LogP contribution in [0.4, 0.5) is 0 Å². The average molecular weight is 273 g/mol. The molecule has 0 saturated carbocycles. The Hall–Kier alpha value is -0.870. The Bertz CT molecular complexity index is 363. The summed E-state index contributed by atoms with van der Waals surface area (Å²) < 4.78 is 5.04. The number of hydrogen-bond acceptors (Lipinski definition) is 3. The van der Waals surface area contributed by atoms with E-state index < -0.39 is 0 Å². The van der Waals surface area contributed by atoms with Gasteiger partial charge in [-0.3, -0.25) is 4.79 Å². The van der Waals surface area contributed by atoms with E-state index in [1.165, 1.54) is 6.92 Å². The molecule has 0 aliphatic rings. The molecule has 1 N–H and O–H groups in total. The molecule has 1 atom stereocenters. The number of Topliss-reactive ketones (excluding diaryl/α,β-unsaturated/α-hetero) is 1. The number of rotatable bonds is 4. The molecule has 0 aromatic heterocycles. The fraction of sp³-hybridized carbons (Fsp3) is 0.364. The predicted molar refractivity (Wildman–Crippen MR) is 61.3 cm³/mol. The van der Waals surface area contributed by atoms with Crippen LogP contribution in [-0.2, 0) is 11.4 Å². The highest BCUT2D eigenvalue weighted by Gasteiger charge is 2.16. The lowest BCUT2D eigenvalue weighted by Gasteiger charge is -2.12. The van der Waals surface area contributed by atoms with Crippen molar-refractivity contribution in [3.63, 3.8) is 0 Å². The Morgan fingerprint density at radius 3 is 2.73 bits per heavy atom. The van der Waals surface area contributed by atoms with Crippen molar-refractivity contribution in [3.05, 3.63) is 29.3 Å². The molecule has 0 amide bonds. The number of hydrogen-bond donors (Lipinski definition) is 1. The maximum Gasteiger partial charge on any atom is 0.147 e. The number of carbonyl (C=O) groups is 1. The van der Waals surface area contributed by atoms with Crippen molar-refractivity contribution in [3.8, 4) is 5.75 Å². The van der Waals surface area contributed by atoms with Gasteiger partial charge in [0.05, 0.1) is 18.5 Å². The van der Waals surface area contributed by atoms with Gasteiger partial charge in [0, 0.05) is 0 Å². The molecule has 1 aromatic rings. The Morgan fingerprint density at radius 2 is 2.27 bits per heavy atom. The topological polar surface area (TPSA) is 46.5 Å². The van der Waals surface area contributed by atoms with Gasteiger partial charge in [-0.1, -0.05) is 22.0 Å². The highest BCUT2D eigenvalue weighted by atomic mass is 79.9. The van der Waals surface area contributed by atoms with Crippen LogP contribution in [0.15, 0.2) is 18.2 Å². The molecular formula is C11H13BrO3. The molecule has 4 heteroatoms. The summed E-state index contributed by atoms with van der Waals surface area (Å²) in [6.07, 6.45) is 0. The fourth-order valence-corrected chi connectivity index (χ4v) is 1.76. The van der Waals surface area contributed by atoms with Crippen molar-refractivity contribution in [2.75, 3.05) is 7.11 Å². The molecule has 0 heterocycles. The maximum absolute atomic E-state index is 11.2. The monoisotopic (exact) mass is 272 g/mol. The van der Waals surface area contributed by atoms with Crippen molar-refractivity contribution in [1.29, 1.82) is 0 Å². The smallest absolute Gasteiger partial charge is 0.147 e. The number of ketones is 1. The Labute approximate surface area is 97.2 Å². The van der Waals surface area contributed by atoms with Gasteiger partial charge >= 0.3 is 0 Å². The molecule has 0 radical (unpaired) electrons. The highest BCUT2D eigenvalue weighted by Crippen LogP contribution is 2.29. The van der Waals surface area contributed by atoms with E-state index >= 15 is 0 Å². The number of aliphatic hydroxyl groups excluding tert-OH is 1. The zero-order valence-corrected chi connectivity index (χ0v) is 10.2. The second kappa shape index (κ2) is 5.28. The van der Waals surface area contributed by atoms with Crippen LogP contribution in [0.2, 0.25) is 0 Å². The molecule has 82 valence electrons. The van der Waals surface area contributed by atoms with Crippen LogP contribution in [0.1, 0.15) is 22.9 Å². The lowest BCUT2D eigenvalue weighted by molar-refractivity contribution is -0.116. The van der Waals surface area contributed by atoms with Crippen LogP contribution in [0.5, 0.6) is 5.75 Å². The van der Waals surface area contributed by atoms with Crippen molar-refractivity contribution in [1.82, 2.24) is 0 Å². The van der Waals surface area contributed by atoms with Gasteiger partial charge in [0.25, 0.3) is 0 Å². The third-order valence-corrected chi connectivity index (χ3v) is 3.29. The Balaban J connectivity index is 3.12. The number of ether oxygens (including phenoxy) is 1. The fourth-order valence-electron chi connectivity index (χ4n) is 1.31. The van der Waals surface area contributed by atoms with E-state index in [9.17, 15) is 9.90 Å². The second-order valence-electron chi connectivity index (χ2n) is 3.20. The van der Waals surface area contributed by atoms with Crippen molar-refractivity contribution in [2.24, 2.45) is 0 Å². The Kier molecular flexibility index (Phi) is 4.29. The zero-order chi connectivity index (χ0) is 11.4. The SMILES string of the molecule is COc1ccc(C(Br)C(C)=O)c(CO)c1. The van der Waals surface area contributed by atoms with E-state index in [2.05, 4.69) is 15.9 Å². The molecule has 0 fully saturated rings. The van der Waals surface area contributed by atoms with E-state index in [1.807, 2.05) is 0 Å². The number of carbonyl (C=O) groups excluding carboxylic acids is 1. The number of methoxy groups -OCH3 is 1. The highest BCUT2D eigenvalue weighted by molar-refractivity contribution is 9.09. The van der Waals surface area contributed by atoms with Crippen molar-refractivity contribution in [2.45, 2.75) is 18.4 Å². The predicted octanol–water partition coefficient (Wildman–Crippen LogP) is 2.21. The van der Waals surface area contributed by atoms with Gasteiger partial charge in [0.15, 0.2) is 0 Å². The molecular weight excluding hydrogens is 260 g/mol. The van der Waals surface area contributed by atoms with E-state index in [4.69, 9.17) is 4.74 Å². The summed E-state index contributed by atoms with van der Waals surface area (Å²) >= 11 is 3.29. The Morgan fingerprint density at radius 1 is 1.60 bits per heavy atom. The molecule has 15 heavy (non-hydrogen) atoms. The lowest BCUT2D eigenvalue weighted by atomic mass is 10.0. The molecule has 1 aromatic carbocycles. The van der Waals surface area contributed by atoms with Gasteiger partial charge in [-0.15, -0.1) is 0 Å². The quantitative estimate of drug-likeness (QED) is 0.855. The summed E-state index contributed by atoms with van der Waals surface area (Å²) in [6, 6.07) is 5.28. The van der Waals surface area contributed by atoms with Crippen LogP contribution in [0, 0.1) is 0 Å². The zero-order valence-electron chi connectivity index (χ0n) is 8.66. The van der Waals surface area contributed by atoms with E-state index in [1.54, 1.807) is 25.3 Å². The van der Waals surface area contributed by atoms with Crippen LogP contribution >= 0.6 is 15.9 Å². The molecule has 0 spiro atoms. The summed E-state index contributed by atoms with van der Waals surface area (Å²) in [5.41, 5.74) is 1.48. The lowest BCUT2D eigenvalue weighted by Crippen LogP contribution is -2.05. The normalized spacial score (nSPS) is 12.3. The molecule has 0 bridgehead atoms. The van der Waals surface area contributed by atoms with Crippen LogP contribution in [-0.4, -0.2) is 18.0 Å². The van der Waals surface area contributed by atoms with Gasteiger partial charge < -0.3 is 9.84 Å². The minimum atomic E-state index is -0.370. The van der Waals surface area contributed by atoms with E-state index in [-0.39, 0.29) is 17.2 Å². The summed E-state index contributed by atoms with van der Waals surface area (Å²) in [5, 5.41) is 9.18. The molecule has 0 saturated heterocycles. The molecule has 0 aliphatic heterocycles. The first-order chi connectivity index (χ1) is 7.10. The molecule has 0 aliphatic carbocycles. The standard InChI is InChI=1S/C11H13BrO3/c1-7(14)11(12)10-4-3-9(15-2)5-8(10)6-13/h3-5,11,13H,6H2,1-2H3. The van der Waals surface area contributed by atoms with Crippen LogP contribution in [0.3, 0.4) is 0 Å². The van der Waals surface area contributed by atoms with Crippen LogP contribution < -0.4 is 4.74 Å². The van der Waals surface area contributed by atoms with Gasteiger partial charge in [-0.05, 0) is 30.2 Å². The number of alkyl halides is 1. The first kappa shape index (κ1) is 12.2. The number of halogens is 1. The molecule has 1 rings (SSSR count). The van der Waals surface area contributed by atoms with Crippen molar-refractivity contribution < 1.29 is 14.6 Å². The van der Waals surface area contributed by atoms with Crippen LogP contribution in [0.25, 0.3) is 0 Å². The average Bonchev–Trinajstić information content (AvgIpc) is 2.27. The van der Waals surface area contributed by atoms with Gasteiger partial charge in [-0.25, -0.2) is 0 Å². The number of benzene rings is 1. The first-order valence-corrected chi connectivity index (χ1v) is 5.44. The molecule has 1 unspecified atom stereocenters. The summed E-state index contributed by atoms with van der Waals surface area (Å²) in [5.74, 6) is 0.681. The maximum atomic E-state index is 11.2. The first-order valence-electron chi connectivity index (χ1n) is 4.52. The van der Waals surface area contributed by atoms with E-state index in [0.29, 0.717) is 11.3 Å². The molecule has 3 nitrogen and oxygen atoms in total. The minimum Gasteiger partial charge on any atom is -0.497 e. The van der Waals surface area contributed by atoms with Gasteiger partial charge in [0.1, 0.15) is 11.5 Å². The number of aliphatic hydroxyl groups is 1. The van der Waals surface area contributed by atoms with Gasteiger partial charge in [0.2, 0.25) is 0 Å².